The molecule has 1 fully saturated rings. The molecule has 1 aliphatic rings. The van der Waals surface area contributed by atoms with Gasteiger partial charge in [-0.2, -0.15) is 5.01 Å². The van der Waals surface area contributed by atoms with Gasteiger partial charge in [-0.05, 0) is 20.8 Å². The molecule has 1 rings (SSSR count). The summed E-state index contributed by atoms with van der Waals surface area (Å²) in [5, 5.41) is 1.96. The van der Waals surface area contributed by atoms with E-state index in [4.69, 9.17) is 0 Å². The van der Waals surface area contributed by atoms with Crippen LogP contribution in [0.5, 0.6) is 0 Å². The number of rotatable bonds is 2. The Hall–Kier alpha value is -0.570. The zero-order valence-corrected chi connectivity index (χ0v) is 8.50. The highest BCUT2D eigenvalue weighted by atomic mass is 16.2. The predicted octanol–water partition coefficient (Wildman–Crippen LogP) is 0.866. The molecule has 0 radical (unpaired) electrons. The molecule has 3 heteroatoms. The normalized spacial score (nSPS) is 36.2. The van der Waals surface area contributed by atoms with Gasteiger partial charge in [0.15, 0.2) is 0 Å². The molecule has 2 atom stereocenters. The fraction of sp³-hybridized carbons (Fsp3) is 0.889. The molecular weight excluding hydrogens is 152 g/mol. The molecule has 0 saturated carbocycles. The van der Waals surface area contributed by atoms with E-state index in [0.29, 0.717) is 5.91 Å². The number of amides is 1. The zero-order valence-electron chi connectivity index (χ0n) is 8.50. The van der Waals surface area contributed by atoms with Crippen LogP contribution in [0.25, 0.3) is 0 Å². The molecule has 0 N–H and O–H groups in total. The minimum Gasteiger partial charge on any atom is -0.269 e. The molecule has 0 aliphatic carbocycles. The van der Waals surface area contributed by atoms with Gasteiger partial charge in [0.05, 0.1) is 26.1 Å². The molecule has 0 spiro atoms. The highest BCUT2D eigenvalue weighted by Crippen LogP contribution is 2.23. The zero-order chi connectivity index (χ0) is 9.35. The number of hydrogen-bond acceptors (Lipinski definition) is 1. The fourth-order valence-electron chi connectivity index (χ4n) is 2.06. The summed E-state index contributed by atoms with van der Waals surface area (Å²) in [6, 6.07) is 0. The van der Waals surface area contributed by atoms with Crippen LogP contribution < -0.4 is 0 Å². The van der Waals surface area contributed by atoms with Crippen molar-refractivity contribution < 1.29 is 9.39 Å². The minimum atomic E-state index is 0.204. The van der Waals surface area contributed by atoms with Gasteiger partial charge in [-0.15, -0.1) is 0 Å². The Labute approximate surface area is 74.5 Å². The minimum absolute atomic E-state index is 0.204. The Morgan fingerprint density at radius 2 is 2.17 bits per heavy atom. The summed E-state index contributed by atoms with van der Waals surface area (Å²) in [7, 11) is 2.13. The average Bonchev–Trinajstić information content (AvgIpc) is 2.25. The van der Waals surface area contributed by atoms with Crippen molar-refractivity contribution in [3.63, 3.8) is 0 Å². The van der Waals surface area contributed by atoms with Gasteiger partial charge in [-0.1, -0.05) is 0 Å². The molecule has 1 heterocycles. The number of carbonyl (C=O) groups excluding carboxylic acids is 1. The van der Waals surface area contributed by atoms with Crippen LogP contribution in [0.2, 0.25) is 0 Å². The molecule has 70 valence electrons. The molecule has 12 heavy (non-hydrogen) atoms. The van der Waals surface area contributed by atoms with E-state index in [0.717, 1.165) is 24.2 Å². The van der Waals surface area contributed by atoms with Crippen molar-refractivity contribution in [1.82, 2.24) is 5.01 Å². The van der Waals surface area contributed by atoms with Crippen LogP contribution in [0, 0.1) is 5.92 Å². The summed E-state index contributed by atoms with van der Waals surface area (Å²) in [5.41, 5.74) is 0. The Morgan fingerprint density at radius 1 is 1.58 bits per heavy atom. The van der Waals surface area contributed by atoms with Crippen molar-refractivity contribution in [1.29, 1.82) is 0 Å². The van der Waals surface area contributed by atoms with E-state index in [2.05, 4.69) is 14.0 Å². The van der Waals surface area contributed by atoms with Gasteiger partial charge in [-0.3, -0.25) is 4.79 Å². The first-order chi connectivity index (χ1) is 5.55. The van der Waals surface area contributed by atoms with Gasteiger partial charge in [-0.25, -0.2) is 4.59 Å². The van der Waals surface area contributed by atoms with Crippen molar-refractivity contribution in [2.45, 2.75) is 20.8 Å². The van der Waals surface area contributed by atoms with Crippen molar-refractivity contribution in [2.24, 2.45) is 5.92 Å². The highest BCUT2D eigenvalue weighted by Gasteiger charge is 2.44. The van der Waals surface area contributed by atoms with Crippen LogP contribution in [0.4, 0.5) is 0 Å². The second-order valence-corrected chi connectivity index (χ2v) is 3.79. The van der Waals surface area contributed by atoms with Crippen molar-refractivity contribution in [3.05, 3.63) is 0 Å². The largest absolute Gasteiger partial charge is 0.276 e. The first-order valence-electron chi connectivity index (χ1n) is 4.71. The molecule has 1 saturated heterocycles. The summed E-state index contributed by atoms with van der Waals surface area (Å²) >= 11 is 0. The number of quaternary nitrogens is 1. The second-order valence-electron chi connectivity index (χ2n) is 3.79. The van der Waals surface area contributed by atoms with Crippen LogP contribution in [-0.2, 0) is 4.79 Å². The highest BCUT2D eigenvalue weighted by molar-refractivity contribution is 5.78. The average molecular weight is 171 g/mol. The maximum absolute atomic E-state index is 11.6. The van der Waals surface area contributed by atoms with E-state index >= 15 is 0 Å². The van der Waals surface area contributed by atoms with Crippen molar-refractivity contribution in [3.8, 4) is 0 Å². The standard InChI is InChI=1S/C9H19N2O/c1-5-10-9(12)8(3)7-11(10,4)6-2/h8H,5-7H2,1-4H3/q+1. The topological polar surface area (TPSA) is 20.3 Å². The van der Waals surface area contributed by atoms with Crippen LogP contribution in [0.1, 0.15) is 20.8 Å². The Morgan fingerprint density at radius 3 is 2.50 bits per heavy atom. The van der Waals surface area contributed by atoms with E-state index in [9.17, 15) is 4.79 Å². The molecule has 1 amide bonds. The second kappa shape index (κ2) is 3.05. The summed E-state index contributed by atoms with van der Waals surface area (Å²) < 4.78 is 0.788. The van der Waals surface area contributed by atoms with Crippen LogP contribution in [0.15, 0.2) is 0 Å². The lowest BCUT2D eigenvalue weighted by Gasteiger charge is -2.35. The van der Waals surface area contributed by atoms with Crippen LogP contribution in [0.3, 0.4) is 0 Å². The van der Waals surface area contributed by atoms with Gasteiger partial charge < -0.3 is 0 Å². The smallest absolute Gasteiger partial charge is 0.269 e. The van der Waals surface area contributed by atoms with Gasteiger partial charge in [0.25, 0.3) is 5.91 Å². The maximum Gasteiger partial charge on any atom is 0.276 e. The summed E-state index contributed by atoms with van der Waals surface area (Å²) in [6.07, 6.45) is 0. The summed E-state index contributed by atoms with van der Waals surface area (Å²) in [5.74, 6) is 0.511. The predicted molar refractivity (Wildman–Crippen MR) is 48.1 cm³/mol. The first-order valence-corrected chi connectivity index (χ1v) is 4.71. The van der Waals surface area contributed by atoms with E-state index in [1.807, 2.05) is 18.9 Å². The summed E-state index contributed by atoms with van der Waals surface area (Å²) in [4.78, 5) is 11.6. The molecule has 0 aromatic heterocycles. The van der Waals surface area contributed by atoms with Crippen molar-refractivity contribution in [2.75, 3.05) is 26.7 Å². The number of nitrogens with zero attached hydrogens (tertiary/aromatic N) is 2. The third-order valence-electron chi connectivity index (χ3n) is 2.91. The van der Waals surface area contributed by atoms with E-state index in [1.165, 1.54) is 0 Å². The Kier molecular flexibility index (Phi) is 2.42. The number of carbonyl (C=O) groups is 1. The quantitative estimate of drug-likeness (QED) is 0.564. The van der Waals surface area contributed by atoms with Gasteiger partial charge >= 0.3 is 0 Å². The lowest BCUT2D eigenvalue weighted by atomic mass is 10.2. The SMILES string of the molecule is CCN1C(=O)C(C)C[N+]1(C)CC. The first kappa shape index (κ1) is 9.52. The third kappa shape index (κ3) is 1.22. The van der Waals surface area contributed by atoms with Gasteiger partial charge in [0.2, 0.25) is 0 Å². The van der Waals surface area contributed by atoms with Crippen LogP contribution in [-0.4, -0.2) is 42.2 Å². The molecule has 0 bridgehead atoms. The van der Waals surface area contributed by atoms with E-state index in [1.54, 1.807) is 0 Å². The van der Waals surface area contributed by atoms with Gasteiger partial charge in [0, 0.05) is 0 Å². The lowest BCUT2D eigenvalue weighted by molar-refractivity contribution is -0.997. The Balaban J connectivity index is 2.85. The third-order valence-corrected chi connectivity index (χ3v) is 2.91. The fourth-order valence-corrected chi connectivity index (χ4v) is 2.06. The molecule has 0 aromatic carbocycles. The maximum atomic E-state index is 11.6. The van der Waals surface area contributed by atoms with E-state index < -0.39 is 0 Å². The molecular formula is C9H19N2O+. The summed E-state index contributed by atoms with van der Waals surface area (Å²) in [6.45, 7) is 8.99. The monoisotopic (exact) mass is 171 g/mol. The lowest BCUT2D eigenvalue weighted by Crippen LogP contribution is -2.53. The van der Waals surface area contributed by atoms with Crippen LogP contribution >= 0.6 is 0 Å². The van der Waals surface area contributed by atoms with Crippen molar-refractivity contribution >= 4 is 5.91 Å². The van der Waals surface area contributed by atoms with E-state index in [-0.39, 0.29) is 5.92 Å². The number of hydrogen-bond donors (Lipinski definition) is 0. The van der Waals surface area contributed by atoms with Gasteiger partial charge in [0.1, 0.15) is 6.54 Å². The molecule has 3 nitrogen and oxygen atoms in total. The molecule has 0 aromatic rings. The molecule has 1 aliphatic heterocycles. The molecule has 2 unspecified atom stereocenters. The Bertz CT molecular complexity index is 193.